The number of aromatic nitrogens is 1. The van der Waals surface area contributed by atoms with Gasteiger partial charge in [0.05, 0.1) is 24.8 Å². The van der Waals surface area contributed by atoms with Gasteiger partial charge in [-0.05, 0) is 68.3 Å². The molecule has 1 aliphatic rings. The zero-order valence-corrected chi connectivity index (χ0v) is 19.1. The molecule has 0 unspecified atom stereocenters. The number of rotatable bonds is 5. The van der Waals surface area contributed by atoms with Crippen LogP contribution >= 0.6 is 0 Å². The highest BCUT2D eigenvalue weighted by Crippen LogP contribution is 2.34. The number of aryl methyl sites for hydroxylation is 1. The van der Waals surface area contributed by atoms with Crippen molar-refractivity contribution in [2.45, 2.75) is 27.3 Å². The van der Waals surface area contributed by atoms with E-state index in [1.807, 2.05) is 54.8 Å². The van der Waals surface area contributed by atoms with Crippen molar-refractivity contribution in [1.29, 1.82) is 0 Å². The molecule has 168 valence electrons. The lowest BCUT2D eigenvalue weighted by Gasteiger charge is -2.17. The largest absolute Gasteiger partial charge is 0.465 e. The molecule has 1 aromatic heterocycles. The van der Waals surface area contributed by atoms with Crippen molar-refractivity contribution in [3.8, 4) is 5.69 Å². The SMILES string of the molecule is COC(=O)C1=C(C)N(Cc2ccccc2)C(=O)/C1=C\c1cc(C)n(-c2ccc(F)cc2)c1C. The first-order valence-corrected chi connectivity index (χ1v) is 10.6. The fourth-order valence-corrected chi connectivity index (χ4v) is 4.26. The lowest BCUT2D eigenvalue weighted by Crippen LogP contribution is -2.24. The molecule has 33 heavy (non-hydrogen) atoms. The van der Waals surface area contributed by atoms with Crippen molar-refractivity contribution in [1.82, 2.24) is 9.47 Å². The number of amides is 1. The number of hydrogen-bond acceptors (Lipinski definition) is 3. The summed E-state index contributed by atoms with van der Waals surface area (Å²) in [6.45, 7) is 5.99. The zero-order chi connectivity index (χ0) is 23.7. The van der Waals surface area contributed by atoms with E-state index in [-0.39, 0.29) is 17.3 Å². The summed E-state index contributed by atoms with van der Waals surface area (Å²) >= 11 is 0. The number of ether oxygens (including phenoxy) is 1. The molecule has 2 aromatic carbocycles. The minimum absolute atomic E-state index is 0.247. The van der Waals surface area contributed by atoms with Gasteiger partial charge in [-0.3, -0.25) is 4.79 Å². The van der Waals surface area contributed by atoms with E-state index >= 15 is 0 Å². The van der Waals surface area contributed by atoms with Crippen LogP contribution in [-0.2, 0) is 20.9 Å². The molecule has 0 saturated carbocycles. The second-order valence-corrected chi connectivity index (χ2v) is 8.03. The van der Waals surface area contributed by atoms with E-state index in [0.717, 1.165) is 28.2 Å². The normalized spacial score (nSPS) is 15.0. The highest BCUT2D eigenvalue weighted by atomic mass is 19.1. The summed E-state index contributed by atoms with van der Waals surface area (Å²) in [5.41, 5.74) is 5.52. The molecule has 0 aliphatic carbocycles. The number of allylic oxidation sites excluding steroid dienone is 1. The van der Waals surface area contributed by atoms with Gasteiger partial charge in [0.15, 0.2) is 0 Å². The van der Waals surface area contributed by atoms with Gasteiger partial charge in [-0.2, -0.15) is 0 Å². The maximum atomic E-state index is 13.4. The summed E-state index contributed by atoms with van der Waals surface area (Å²) in [6.07, 6.45) is 1.74. The van der Waals surface area contributed by atoms with Gasteiger partial charge < -0.3 is 14.2 Å². The lowest BCUT2D eigenvalue weighted by molar-refractivity contribution is -0.136. The number of esters is 1. The molecule has 2 heterocycles. The monoisotopic (exact) mass is 444 g/mol. The molecule has 1 amide bonds. The van der Waals surface area contributed by atoms with E-state index in [9.17, 15) is 14.0 Å². The molecule has 0 atom stereocenters. The second kappa shape index (κ2) is 8.90. The van der Waals surface area contributed by atoms with E-state index in [4.69, 9.17) is 4.74 Å². The van der Waals surface area contributed by atoms with Crippen LogP contribution in [0.3, 0.4) is 0 Å². The number of carbonyl (C=O) groups is 2. The van der Waals surface area contributed by atoms with E-state index in [2.05, 4.69) is 0 Å². The Morgan fingerprint density at radius 1 is 1.03 bits per heavy atom. The minimum atomic E-state index is -0.546. The highest BCUT2D eigenvalue weighted by molar-refractivity contribution is 6.16. The van der Waals surface area contributed by atoms with Crippen LogP contribution in [0, 0.1) is 19.7 Å². The third-order valence-corrected chi connectivity index (χ3v) is 5.94. The summed E-state index contributed by atoms with van der Waals surface area (Å²) in [4.78, 5) is 27.7. The molecule has 1 aliphatic heterocycles. The van der Waals surface area contributed by atoms with Gasteiger partial charge in [-0.15, -0.1) is 0 Å². The van der Waals surface area contributed by atoms with Crippen molar-refractivity contribution in [2.75, 3.05) is 7.11 Å². The smallest absolute Gasteiger partial charge is 0.340 e. The van der Waals surface area contributed by atoms with Gasteiger partial charge in [-0.1, -0.05) is 30.3 Å². The molecule has 6 heteroatoms. The first kappa shape index (κ1) is 22.3. The topological polar surface area (TPSA) is 51.5 Å². The Morgan fingerprint density at radius 2 is 1.70 bits per heavy atom. The summed E-state index contributed by atoms with van der Waals surface area (Å²) in [5.74, 6) is -1.10. The molecule has 0 spiro atoms. The number of methoxy groups -OCH3 is 1. The maximum Gasteiger partial charge on any atom is 0.340 e. The summed E-state index contributed by atoms with van der Waals surface area (Å²) in [7, 11) is 1.31. The molecule has 0 radical (unpaired) electrons. The van der Waals surface area contributed by atoms with E-state index < -0.39 is 5.97 Å². The predicted molar refractivity (Wildman–Crippen MR) is 125 cm³/mol. The summed E-state index contributed by atoms with van der Waals surface area (Å²) in [5, 5.41) is 0. The van der Waals surface area contributed by atoms with Crippen LogP contribution in [0.25, 0.3) is 11.8 Å². The van der Waals surface area contributed by atoms with Crippen LogP contribution in [0.5, 0.6) is 0 Å². The predicted octanol–water partition coefficient (Wildman–Crippen LogP) is 5.11. The minimum Gasteiger partial charge on any atom is -0.465 e. The average molecular weight is 445 g/mol. The highest BCUT2D eigenvalue weighted by Gasteiger charge is 2.37. The van der Waals surface area contributed by atoms with Crippen LogP contribution in [-0.4, -0.2) is 28.5 Å². The van der Waals surface area contributed by atoms with Crippen LogP contribution in [0.4, 0.5) is 4.39 Å². The van der Waals surface area contributed by atoms with Crippen LogP contribution in [0.2, 0.25) is 0 Å². The number of halogens is 1. The summed E-state index contributed by atoms with van der Waals surface area (Å²) in [6, 6.07) is 17.8. The molecule has 0 fully saturated rings. The molecule has 4 rings (SSSR count). The zero-order valence-electron chi connectivity index (χ0n) is 19.1. The molecular formula is C27H25FN2O3. The van der Waals surface area contributed by atoms with Gasteiger partial charge in [0.2, 0.25) is 0 Å². The van der Waals surface area contributed by atoms with Gasteiger partial charge in [0, 0.05) is 22.8 Å². The van der Waals surface area contributed by atoms with E-state index in [1.165, 1.54) is 19.2 Å². The lowest BCUT2D eigenvalue weighted by atomic mass is 10.0. The van der Waals surface area contributed by atoms with Crippen molar-refractivity contribution >= 4 is 18.0 Å². The van der Waals surface area contributed by atoms with Crippen molar-refractivity contribution in [3.63, 3.8) is 0 Å². The Morgan fingerprint density at radius 3 is 2.33 bits per heavy atom. The van der Waals surface area contributed by atoms with Gasteiger partial charge in [0.1, 0.15) is 5.82 Å². The molecule has 3 aromatic rings. The Labute approximate surface area is 192 Å². The first-order valence-electron chi connectivity index (χ1n) is 10.6. The Balaban J connectivity index is 1.78. The fraction of sp³-hybridized carbons (Fsp3) is 0.185. The van der Waals surface area contributed by atoms with Crippen molar-refractivity contribution < 1.29 is 18.7 Å². The molecule has 0 saturated heterocycles. The van der Waals surface area contributed by atoms with Crippen molar-refractivity contribution in [3.05, 3.63) is 106 Å². The van der Waals surface area contributed by atoms with Crippen LogP contribution < -0.4 is 0 Å². The Kier molecular flexibility index (Phi) is 6.01. The van der Waals surface area contributed by atoms with Gasteiger partial charge in [-0.25, -0.2) is 9.18 Å². The standard InChI is InChI=1S/C27H25FN2O3/c1-17-14-21(18(2)30(17)23-12-10-22(28)11-13-23)15-24-25(27(32)33-4)19(3)29(26(24)31)16-20-8-6-5-7-9-20/h5-15H,16H2,1-4H3/b24-15-. The van der Waals surface area contributed by atoms with E-state index in [1.54, 1.807) is 30.0 Å². The number of benzene rings is 2. The second-order valence-electron chi connectivity index (χ2n) is 8.03. The fourth-order valence-electron chi connectivity index (χ4n) is 4.26. The molecule has 0 N–H and O–H groups in total. The van der Waals surface area contributed by atoms with Gasteiger partial charge in [0.25, 0.3) is 5.91 Å². The first-order chi connectivity index (χ1) is 15.8. The van der Waals surface area contributed by atoms with Crippen LogP contribution in [0.15, 0.2) is 77.5 Å². The number of nitrogens with zero attached hydrogens (tertiary/aromatic N) is 2. The Hall–Kier alpha value is -3.93. The number of carbonyl (C=O) groups excluding carboxylic acids is 2. The van der Waals surface area contributed by atoms with E-state index in [0.29, 0.717) is 17.8 Å². The van der Waals surface area contributed by atoms with Gasteiger partial charge >= 0.3 is 5.97 Å². The quantitative estimate of drug-likeness (QED) is 0.406. The summed E-state index contributed by atoms with van der Waals surface area (Å²) < 4.78 is 20.4. The number of hydrogen-bond donors (Lipinski definition) is 0. The third-order valence-electron chi connectivity index (χ3n) is 5.94. The molecule has 5 nitrogen and oxygen atoms in total. The Bertz CT molecular complexity index is 1280. The van der Waals surface area contributed by atoms with Crippen molar-refractivity contribution in [2.24, 2.45) is 0 Å². The van der Waals surface area contributed by atoms with Crippen LogP contribution in [0.1, 0.15) is 29.4 Å². The molecular weight excluding hydrogens is 419 g/mol. The molecule has 0 bridgehead atoms. The average Bonchev–Trinajstić information content (AvgIpc) is 3.22. The third kappa shape index (κ3) is 4.12. The maximum absolute atomic E-state index is 13.4.